The molecule has 0 N–H and O–H groups in total. The molecule has 11 aromatic rings. The van der Waals surface area contributed by atoms with Gasteiger partial charge in [0.25, 0.3) is 0 Å². The molecule has 5 heterocycles. The summed E-state index contributed by atoms with van der Waals surface area (Å²) in [5, 5.41) is 16.2. The van der Waals surface area contributed by atoms with Gasteiger partial charge in [-0.15, -0.1) is 0 Å². The Bertz CT molecular complexity index is 3420. The first-order chi connectivity index (χ1) is 29.5. The topological polar surface area (TPSA) is 64.4 Å². The Balaban J connectivity index is 1.25. The summed E-state index contributed by atoms with van der Waals surface area (Å²) >= 11 is 0. The van der Waals surface area contributed by atoms with Crippen molar-refractivity contribution in [1.82, 2.24) is 23.7 Å². The largest absolute Gasteiger partial charge is 0.308 e. The molecule has 6 aromatic carbocycles. The highest BCUT2D eigenvalue weighted by molar-refractivity contribution is 6.12. The Morgan fingerprint density at radius 2 is 0.902 bits per heavy atom. The van der Waals surface area contributed by atoms with E-state index in [0.717, 1.165) is 83.1 Å². The lowest BCUT2D eigenvalue weighted by atomic mass is 9.86. The van der Waals surface area contributed by atoms with E-state index in [1.807, 2.05) is 24.5 Å². The minimum absolute atomic E-state index is 0.0286. The number of fused-ring (bicyclic) bond motifs is 9. The molecule has 0 fully saturated rings. The van der Waals surface area contributed by atoms with Gasteiger partial charge in [0.2, 0.25) is 0 Å². The smallest absolute Gasteiger partial charge is 0.115 e. The van der Waals surface area contributed by atoms with E-state index in [0.29, 0.717) is 5.56 Å². The number of para-hydroxylation sites is 2. The molecule has 6 heteroatoms. The molecule has 0 aliphatic heterocycles. The van der Waals surface area contributed by atoms with Gasteiger partial charge in [0.15, 0.2) is 0 Å². The van der Waals surface area contributed by atoms with Gasteiger partial charge in [-0.25, -0.2) is 0 Å². The van der Waals surface area contributed by atoms with Crippen LogP contribution in [0, 0.1) is 11.3 Å². The van der Waals surface area contributed by atoms with Gasteiger partial charge in [0.05, 0.1) is 44.5 Å². The number of benzene rings is 6. The second-order valence-corrected chi connectivity index (χ2v) is 18.3. The van der Waals surface area contributed by atoms with Crippen molar-refractivity contribution in [2.45, 2.75) is 52.4 Å². The van der Waals surface area contributed by atoms with Crippen molar-refractivity contribution in [3.05, 3.63) is 175 Å². The number of aromatic nitrogens is 5. The highest BCUT2D eigenvalue weighted by Crippen LogP contribution is 2.42. The minimum Gasteiger partial charge on any atom is -0.308 e. The molecule has 0 aliphatic rings. The van der Waals surface area contributed by atoms with Gasteiger partial charge < -0.3 is 13.7 Å². The van der Waals surface area contributed by atoms with Crippen LogP contribution in [-0.4, -0.2) is 23.7 Å². The first-order valence-electron chi connectivity index (χ1n) is 21.0. The molecule has 61 heavy (non-hydrogen) atoms. The average Bonchev–Trinajstić information content (AvgIpc) is 3.90. The molecule has 0 amide bonds. The van der Waals surface area contributed by atoms with Crippen molar-refractivity contribution in [2.24, 2.45) is 0 Å². The summed E-state index contributed by atoms with van der Waals surface area (Å²) in [6.45, 7) is 13.5. The van der Waals surface area contributed by atoms with Gasteiger partial charge in [-0.1, -0.05) is 102 Å². The lowest BCUT2D eigenvalue weighted by molar-refractivity contribution is 0.591. The van der Waals surface area contributed by atoms with Crippen LogP contribution in [-0.2, 0) is 10.8 Å². The standard InChI is InChI=1S/C55H44N6/c1-54(2,3)36-22-24-46-41(31-36)39-16-7-9-18-44(39)60(46)50-29-35(34-14-11-15-38(28-34)59-48-20-12-26-57-52(48)53-49(59)21-13-27-58-53)30-51(43(50)33-56)61-45-19-10-8-17-40(45)42-32-37(55(4,5)6)23-25-47(42)61/h7-32H,1-6H3. The summed E-state index contributed by atoms with van der Waals surface area (Å²) in [7, 11) is 0. The van der Waals surface area contributed by atoms with E-state index in [1.54, 1.807) is 0 Å². The van der Waals surface area contributed by atoms with Crippen LogP contribution in [0.5, 0.6) is 0 Å². The van der Waals surface area contributed by atoms with Crippen LogP contribution in [0.3, 0.4) is 0 Å². The van der Waals surface area contributed by atoms with Gasteiger partial charge in [-0.3, -0.25) is 9.97 Å². The van der Waals surface area contributed by atoms with Gasteiger partial charge in [-0.2, -0.15) is 5.26 Å². The third-order valence-electron chi connectivity index (χ3n) is 12.5. The summed E-state index contributed by atoms with van der Waals surface area (Å²) in [6, 6.07) is 54.9. The quantitative estimate of drug-likeness (QED) is 0.178. The van der Waals surface area contributed by atoms with E-state index in [4.69, 9.17) is 9.97 Å². The third kappa shape index (κ3) is 5.61. The summed E-state index contributed by atoms with van der Waals surface area (Å²) < 4.78 is 6.87. The first kappa shape index (κ1) is 36.6. The molecular weight excluding hydrogens is 745 g/mol. The molecule has 0 spiro atoms. The lowest BCUT2D eigenvalue weighted by Gasteiger charge is -2.21. The minimum atomic E-state index is -0.0286. The number of nitriles is 1. The van der Waals surface area contributed by atoms with Crippen LogP contribution in [0.2, 0.25) is 0 Å². The number of hydrogen-bond acceptors (Lipinski definition) is 3. The fourth-order valence-electron chi connectivity index (χ4n) is 9.40. The highest BCUT2D eigenvalue weighted by atomic mass is 15.0. The van der Waals surface area contributed by atoms with Crippen LogP contribution >= 0.6 is 0 Å². The fourth-order valence-corrected chi connectivity index (χ4v) is 9.40. The first-order valence-corrected chi connectivity index (χ1v) is 21.0. The monoisotopic (exact) mass is 788 g/mol. The number of nitrogens with zero attached hydrogens (tertiary/aromatic N) is 6. The van der Waals surface area contributed by atoms with E-state index in [1.165, 1.54) is 21.9 Å². The molecule has 0 unspecified atom stereocenters. The summed E-state index contributed by atoms with van der Waals surface area (Å²) in [5.41, 5.74) is 15.7. The molecule has 0 saturated carbocycles. The van der Waals surface area contributed by atoms with Crippen LogP contribution in [0.1, 0.15) is 58.2 Å². The molecule has 0 bridgehead atoms. The Morgan fingerprint density at radius 1 is 0.426 bits per heavy atom. The second-order valence-electron chi connectivity index (χ2n) is 18.3. The Labute approximate surface area is 354 Å². The molecule has 6 nitrogen and oxygen atoms in total. The van der Waals surface area contributed by atoms with Crippen molar-refractivity contribution in [3.8, 4) is 34.3 Å². The predicted molar refractivity (Wildman–Crippen MR) is 253 cm³/mol. The fraction of sp³-hybridized carbons (Fsp3) is 0.145. The van der Waals surface area contributed by atoms with E-state index in [9.17, 15) is 5.26 Å². The zero-order valence-corrected chi connectivity index (χ0v) is 35.2. The van der Waals surface area contributed by atoms with Crippen molar-refractivity contribution in [2.75, 3.05) is 0 Å². The zero-order valence-electron chi connectivity index (χ0n) is 35.2. The molecule has 0 atom stereocenters. The van der Waals surface area contributed by atoms with Gasteiger partial charge >= 0.3 is 0 Å². The van der Waals surface area contributed by atoms with Crippen LogP contribution < -0.4 is 0 Å². The zero-order chi connectivity index (χ0) is 41.8. The third-order valence-corrected chi connectivity index (χ3v) is 12.5. The van der Waals surface area contributed by atoms with Crippen LogP contribution in [0.15, 0.2) is 158 Å². The number of rotatable bonds is 4. The normalized spacial score (nSPS) is 12.4. The van der Waals surface area contributed by atoms with E-state index < -0.39 is 0 Å². The van der Waals surface area contributed by atoms with Gasteiger partial charge in [-0.05, 0) is 118 Å². The van der Waals surface area contributed by atoms with Gasteiger partial charge in [0, 0.05) is 39.6 Å². The lowest BCUT2D eigenvalue weighted by Crippen LogP contribution is -2.10. The van der Waals surface area contributed by atoms with E-state index >= 15 is 0 Å². The molecule has 5 aromatic heterocycles. The van der Waals surface area contributed by atoms with Crippen molar-refractivity contribution in [1.29, 1.82) is 5.26 Å². The summed E-state index contributed by atoms with van der Waals surface area (Å²) in [4.78, 5) is 9.51. The molecule has 11 rings (SSSR count). The molecule has 0 aliphatic carbocycles. The van der Waals surface area contributed by atoms with Crippen LogP contribution in [0.4, 0.5) is 0 Å². The molecule has 0 radical (unpaired) electrons. The number of pyridine rings is 2. The van der Waals surface area contributed by atoms with E-state index in [2.05, 4.69) is 195 Å². The van der Waals surface area contributed by atoms with Crippen LogP contribution in [0.25, 0.3) is 93.9 Å². The van der Waals surface area contributed by atoms with E-state index in [-0.39, 0.29) is 10.8 Å². The molecule has 294 valence electrons. The Kier molecular flexibility index (Phi) is 7.95. The maximum atomic E-state index is 11.5. The molecular formula is C55H44N6. The summed E-state index contributed by atoms with van der Waals surface area (Å²) in [6.07, 6.45) is 3.66. The predicted octanol–water partition coefficient (Wildman–Crippen LogP) is 13.9. The summed E-state index contributed by atoms with van der Waals surface area (Å²) in [5.74, 6) is 0. The second kappa shape index (κ2) is 13.3. The van der Waals surface area contributed by atoms with Crippen molar-refractivity contribution < 1.29 is 0 Å². The maximum absolute atomic E-state index is 11.5. The number of hydrogen-bond donors (Lipinski definition) is 0. The van der Waals surface area contributed by atoms with Crippen molar-refractivity contribution >= 4 is 65.7 Å². The Morgan fingerprint density at radius 3 is 1.39 bits per heavy atom. The SMILES string of the molecule is CC(C)(C)c1ccc2c(c1)c1ccccc1n2-c1cc(-c2cccc(-n3c4cccnc4c4ncccc43)c2)cc(-n2c3ccccc3c3cc(C(C)(C)C)ccc32)c1C#N. The highest BCUT2D eigenvalue weighted by Gasteiger charge is 2.25. The average molecular weight is 789 g/mol. The van der Waals surface area contributed by atoms with Crippen molar-refractivity contribution in [3.63, 3.8) is 0 Å². The Hall–Kier alpha value is -7.49. The van der Waals surface area contributed by atoms with Gasteiger partial charge in [0.1, 0.15) is 22.7 Å². The maximum Gasteiger partial charge on any atom is 0.115 e. The molecule has 0 saturated heterocycles.